The zero-order valence-corrected chi connectivity index (χ0v) is 16.7. The maximum absolute atomic E-state index is 12.7. The van der Waals surface area contributed by atoms with Gasteiger partial charge in [-0.15, -0.1) is 15.3 Å². The Hall–Kier alpha value is -3.75. The van der Waals surface area contributed by atoms with E-state index >= 15 is 0 Å². The minimum Gasteiger partial charge on any atom is -0.493 e. The van der Waals surface area contributed by atoms with E-state index in [0.717, 1.165) is 29.0 Å². The van der Waals surface area contributed by atoms with Crippen molar-refractivity contribution in [3.8, 4) is 11.6 Å². The van der Waals surface area contributed by atoms with Crippen molar-refractivity contribution >= 4 is 17.4 Å². The molecule has 0 saturated carbocycles. The van der Waals surface area contributed by atoms with Crippen LogP contribution in [0.1, 0.15) is 42.5 Å². The Balaban J connectivity index is 1.64. The van der Waals surface area contributed by atoms with E-state index in [1.807, 2.05) is 43.3 Å². The van der Waals surface area contributed by atoms with Gasteiger partial charge in [0, 0.05) is 23.5 Å². The summed E-state index contributed by atoms with van der Waals surface area (Å²) in [4.78, 5) is 12.7. The highest BCUT2D eigenvalue weighted by Crippen LogP contribution is 2.42. The molecule has 5 rings (SSSR count). The summed E-state index contributed by atoms with van der Waals surface area (Å²) in [6.45, 7) is 4.65. The molecule has 0 aliphatic carbocycles. The number of rotatable bonds is 5. The predicted octanol–water partition coefficient (Wildman–Crippen LogP) is 2.88. The molecule has 0 bridgehead atoms. The molecule has 0 radical (unpaired) electrons. The fourth-order valence-corrected chi connectivity index (χ4v) is 3.92. The number of amides is 1. The van der Waals surface area contributed by atoms with Gasteiger partial charge in [0.2, 0.25) is 5.91 Å². The van der Waals surface area contributed by atoms with Crippen LogP contribution in [0.3, 0.4) is 0 Å². The first kappa shape index (κ1) is 18.3. The molecule has 1 atom stereocenters. The average Bonchev–Trinajstić information content (AvgIpc) is 3.35. The number of para-hydroxylation sites is 1. The number of anilines is 1. The Bertz CT molecular complexity index is 1240. The quantitative estimate of drug-likeness (QED) is 0.550. The van der Waals surface area contributed by atoms with Gasteiger partial charge in [0.25, 0.3) is 0 Å². The molecular formula is C21H21N7O2. The molecule has 0 spiro atoms. The highest BCUT2D eigenvalue weighted by Gasteiger charge is 2.34. The topological polar surface area (TPSA) is 99.2 Å². The van der Waals surface area contributed by atoms with E-state index < -0.39 is 0 Å². The van der Waals surface area contributed by atoms with Crippen LogP contribution >= 0.6 is 0 Å². The molecule has 0 unspecified atom stereocenters. The van der Waals surface area contributed by atoms with Crippen molar-refractivity contribution in [3.63, 3.8) is 0 Å². The first-order chi connectivity index (χ1) is 14.7. The van der Waals surface area contributed by atoms with Gasteiger partial charge < -0.3 is 10.1 Å². The van der Waals surface area contributed by atoms with E-state index in [1.54, 1.807) is 9.20 Å². The molecule has 0 fully saturated rings. The van der Waals surface area contributed by atoms with Crippen molar-refractivity contribution in [1.29, 1.82) is 0 Å². The Morgan fingerprint density at radius 3 is 2.93 bits per heavy atom. The summed E-state index contributed by atoms with van der Waals surface area (Å²) >= 11 is 0. The second kappa shape index (κ2) is 7.25. The predicted molar refractivity (Wildman–Crippen MR) is 110 cm³/mol. The summed E-state index contributed by atoms with van der Waals surface area (Å²) < 4.78 is 9.22. The Kier molecular flexibility index (Phi) is 4.42. The van der Waals surface area contributed by atoms with Crippen LogP contribution in [0, 0.1) is 6.92 Å². The summed E-state index contributed by atoms with van der Waals surface area (Å²) in [6, 6.07) is 11.5. The lowest BCUT2D eigenvalue weighted by Crippen LogP contribution is -2.25. The third-order valence-electron chi connectivity index (χ3n) is 5.22. The van der Waals surface area contributed by atoms with E-state index in [4.69, 9.17) is 9.84 Å². The van der Waals surface area contributed by atoms with Crippen LogP contribution in [0.5, 0.6) is 5.75 Å². The van der Waals surface area contributed by atoms with Gasteiger partial charge in [-0.05, 0) is 31.5 Å². The van der Waals surface area contributed by atoms with Crippen LogP contribution in [-0.4, -0.2) is 42.1 Å². The summed E-state index contributed by atoms with van der Waals surface area (Å²) in [5.74, 6) is 1.81. The van der Waals surface area contributed by atoms with Gasteiger partial charge in [0.1, 0.15) is 17.9 Å². The molecule has 152 valence electrons. The van der Waals surface area contributed by atoms with E-state index in [-0.39, 0.29) is 11.8 Å². The van der Waals surface area contributed by atoms with Crippen molar-refractivity contribution in [3.05, 3.63) is 59.5 Å². The molecule has 1 aliphatic heterocycles. The molecule has 9 nitrogen and oxygen atoms in total. The summed E-state index contributed by atoms with van der Waals surface area (Å²) in [6.07, 6.45) is 2.78. The average molecular weight is 403 g/mol. The fourth-order valence-electron chi connectivity index (χ4n) is 3.92. The highest BCUT2D eigenvalue weighted by atomic mass is 16.5. The van der Waals surface area contributed by atoms with E-state index in [0.29, 0.717) is 30.3 Å². The van der Waals surface area contributed by atoms with Crippen molar-refractivity contribution < 1.29 is 9.53 Å². The number of benzene rings is 1. The van der Waals surface area contributed by atoms with Gasteiger partial charge in [-0.25, -0.2) is 0 Å². The second-order valence-electron chi connectivity index (χ2n) is 7.28. The van der Waals surface area contributed by atoms with Crippen LogP contribution in [0.15, 0.2) is 42.7 Å². The van der Waals surface area contributed by atoms with Gasteiger partial charge in [-0.3, -0.25) is 4.79 Å². The van der Waals surface area contributed by atoms with Crippen LogP contribution in [0.4, 0.5) is 5.82 Å². The molecule has 1 N–H and O–H groups in total. The number of hydrogen-bond acceptors (Lipinski definition) is 6. The number of aryl methyl sites for hydroxylation is 1. The molecule has 1 aromatic carbocycles. The van der Waals surface area contributed by atoms with E-state index in [9.17, 15) is 4.79 Å². The lowest BCUT2D eigenvalue weighted by atomic mass is 9.85. The third-order valence-corrected chi connectivity index (χ3v) is 5.22. The molecule has 30 heavy (non-hydrogen) atoms. The third kappa shape index (κ3) is 2.99. The standard InChI is InChI=1S/C21H21N7O2/c1-3-10-30-16-7-5-4-6-14(16)15-11-19(29)23-21-20(15)13(2)25-28(21)18-9-8-17-24-22-12-27(17)26-18/h4-9,12,15H,3,10-11H2,1-2H3,(H,23,29)/t15-/m1/s1. The summed E-state index contributed by atoms with van der Waals surface area (Å²) in [5, 5.41) is 20.1. The molecule has 3 aromatic heterocycles. The molecule has 4 heterocycles. The number of nitrogens with zero attached hydrogens (tertiary/aromatic N) is 6. The number of ether oxygens (including phenoxy) is 1. The molecule has 4 aromatic rings. The monoisotopic (exact) mass is 403 g/mol. The second-order valence-corrected chi connectivity index (χ2v) is 7.28. The first-order valence-corrected chi connectivity index (χ1v) is 9.94. The number of hydrogen-bond donors (Lipinski definition) is 1. The number of aromatic nitrogens is 6. The minimum atomic E-state index is -0.144. The maximum atomic E-state index is 12.7. The van der Waals surface area contributed by atoms with E-state index in [2.05, 4.69) is 27.5 Å². The first-order valence-electron chi connectivity index (χ1n) is 9.94. The SMILES string of the molecule is CCCOc1ccccc1[C@H]1CC(=O)Nc2c1c(C)nn2-c1ccc2nncn2n1. The molecule has 9 heteroatoms. The summed E-state index contributed by atoms with van der Waals surface area (Å²) in [5.41, 5.74) is 3.45. The molecule has 1 amide bonds. The Morgan fingerprint density at radius 1 is 1.20 bits per heavy atom. The summed E-state index contributed by atoms with van der Waals surface area (Å²) in [7, 11) is 0. The highest BCUT2D eigenvalue weighted by molar-refractivity contribution is 5.95. The molecule has 0 saturated heterocycles. The zero-order valence-electron chi connectivity index (χ0n) is 16.7. The molecular weight excluding hydrogens is 382 g/mol. The lowest BCUT2D eigenvalue weighted by Gasteiger charge is -2.25. The van der Waals surface area contributed by atoms with Gasteiger partial charge in [0.05, 0.1) is 12.3 Å². The van der Waals surface area contributed by atoms with Gasteiger partial charge >= 0.3 is 0 Å². The van der Waals surface area contributed by atoms with E-state index in [1.165, 1.54) is 6.33 Å². The van der Waals surface area contributed by atoms with Crippen molar-refractivity contribution in [2.24, 2.45) is 0 Å². The van der Waals surface area contributed by atoms with Crippen molar-refractivity contribution in [1.82, 2.24) is 29.6 Å². The fraction of sp³-hybridized carbons (Fsp3) is 0.286. The van der Waals surface area contributed by atoms with Gasteiger partial charge in [0.15, 0.2) is 11.5 Å². The van der Waals surface area contributed by atoms with Gasteiger partial charge in [-0.2, -0.15) is 14.3 Å². The maximum Gasteiger partial charge on any atom is 0.226 e. The van der Waals surface area contributed by atoms with Crippen molar-refractivity contribution in [2.45, 2.75) is 32.6 Å². The normalized spacial score (nSPS) is 15.8. The van der Waals surface area contributed by atoms with Crippen LogP contribution < -0.4 is 10.1 Å². The van der Waals surface area contributed by atoms with Gasteiger partial charge in [-0.1, -0.05) is 25.1 Å². The number of carbonyl (C=O) groups is 1. The number of fused-ring (bicyclic) bond motifs is 2. The lowest BCUT2D eigenvalue weighted by molar-refractivity contribution is -0.116. The van der Waals surface area contributed by atoms with Crippen LogP contribution in [0.25, 0.3) is 11.5 Å². The largest absolute Gasteiger partial charge is 0.493 e. The van der Waals surface area contributed by atoms with Crippen molar-refractivity contribution in [2.75, 3.05) is 11.9 Å². The minimum absolute atomic E-state index is 0.0654. The Morgan fingerprint density at radius 2 is 2.07 bits per heavy atom. The smallest absolute Gasteiger partial charge is 0.226 e. The molecule has 1 aliphatic rings. The van der Waals surface area contributed by atoms with Crippen LogP contribution in [-0.2, 0) is 4.79 Å². The number of nitrogens with one attached hydrogen (secondary N) is 1. The van der Waals surface area contributed by atoms with Crippen LogP contribution in [0.2, 0.25) is 0 Å². The Labute approximate surface area is 172 Å². The zero-order chi connectivity index (χ0) is 20.7. The number of carbonyl (C=O) groups excluding carboxylic acids is 1.